The molecule has 4 aromatic rings. The number of pyridine rings is 1. The highest BCUT2D eigenvalue weighted by Crippen LogP contribution is 2.25. The van der Waals surface area contributed by atoms with Crippen LogP contribution in [0.1, 0.15) is 22.4 Å². The average Bonchev–Trinajstić information content (AvgIpc) is 3.10. The van der Waals surface area contributed by atoms with Crippen LogP contribution in [0.2, 0.25) is 0 Å². The minimum atomic E-state index is 0.778. The maximum absolute atomic E-state index is 4.85. The first kappa shape index (κ1) is 16.1. The van der Waals surface area contributed by atoms with E-state index in [2.05, 4.69) is 51.2 Å². The van der Waals surface area contributed by atoms with Gasteiger partial charge in [-0.15, -0.1) is 0 Å². The summed E-state index contributed by atoms with van der Waals surface area (Å²) in [6.07, 6.45) is 8.69. The van der Waals surface area contributed by atoms with Crippen LogP contribution in [-0.4, -0.2) is 31.4 Å². The van der Waals surface area contributed by atoms with Gasteiger partial charge in [-0.1, -0.05) is 11.6 Å². The zero-order valence-electron chi connectivity index (χ0n) is 15.3. The number of fused-ring (bicyclic) bond motifs is 2. The summed E-state index contributed by atoms with van der Waals surface area (Å²) in [6, 6.07) is 10.5. The van der Waals surface area contributed by atoms with E-state index >= 15 is 0 Å². The number of aromatic nitrogens is 4. The van der Waals surface area contributed by atoms with Crippen LogP contribution in [0.4, 0.5) is 0 Å². The van der Waals surface area contributed by atoms with E-state index in [1.807, 2.05) is 18.3 Å². The van der Waals surface area contributed by atoms with Crippen LogP contribution < -0.4 is 0 Å². The largest absolute Gasteiger partial charge is 0.361 e. The van der Waals surface area contributed by atoms with E-state index < -0.39 is 0 Å². The van der Waals surface area contributed by atoms with Gasteiger partial charge in [0.05, 0.1) is 5.69 Å². The molecule has 0 radical (unpaired) electrons. The molecule has 4 heterocycles. The molecule has 0 aliphatic carbocycles. The van der Waals surface area contributed by atoms with Gasteiger partial charge in [0.1, 0.15) is 0 Å². The lowest BCUT2D eigenvalue weighted by molar-refractivity contribution is 0.242. The van der Waals surface area contributed by atoms with Crippen LogP contribution in [0.3, 0.4) is 0 Å². The number of H-pyrrole nitrogens is 1. The smallest absolute Gasteiger partial charge is 0.159 e. The summed E-state index contributed by atoms with van der Waals surface area (Å²) in [5.74, 6) is 0.778. The minimum absolute atomic E-state index is 0.778. The van der Waals surface area contributed by atoms with Gasteiger partial charge >= 0.3 is 0 Å². The Hall–Kier alpha value is -3.05. The molecule has 0 saturated heterocycles. The van der Waals surface area contributed by atoms with Crippen molar-refractivity contribution in [3.05, 3.63) is 77.5 Å². The molecule has 134 valence electrons. The third-order valence-electron chi connectivity index (χ3n) is 5.28. The maximum Gasteiger partial charge on any atom is 0.159 e. The molecular weight excluding hydrogens is 334 g/mol. The highest BCUT2D eigenvalue weighted by Gasteiger charge is 2.20. The van der Waals surface area contributed by atoms with Crippen LogP contribution in [-0.2, 0) is 19.5 Å². The third kappa shape index (κ3) is 3.11. The molecule has 0 bridgehead atoms. The van der Waals surface area contributed by atoms with E-state index in [1.54, 1.807) is 12.4 Å². The number of rotatable bonds is 3. The summed E-state index contributed by atoms with van der Waals surface area (Å²) < 4.78 is 0. The fourth-order valence-electron chi connectivity index (χ4n) is 3.80. The van der Waals surface area contributed by atoms with Crippen LogP contribution in [0.5, 0.6) is 0 Å². The number of nitrogens with one attached hydrogen (secondary N) is 1. The molecule has 1 N–H and O–H groups in total. The minimum Gasteiger partial charge on any atom is -0.361 e. The Kier molecular flexibility index (Phi) is 3.94. The lowest BCUT2D eigenvalue weighted by Gasteiger charge is -2.27. The SMILES string of the molecule is Cc1ccc2[nH]cc(CN3CCc4cnc(-c5ccncc5)nc4C3)c2c1. The Morgan fingerprint density at radius 3 is 2.93 bits per heavy atom. The van der Waals surface area contributed by atoms with E-state index in [0.29, 0.717) is 0 Å². The van der Waals surface area contributed by atoms with Gasteiger partial charge in [0.2, 0.25) is 0 Å². The van der Waals surface area contributed by atoms with Gasteiger partial charge in [-0.3, -0.25) is 9.88 Å². The van der Waals surface area contributed by atoms with Crippen molar-refractivity contribution in [1.82, 2.24) is 24.8 Å². The second-order valence-corrected chi connectivity index (χ2v) is 7.23. The molecular formula is C22H21N5. The normalized spacial score (nSPS) is 14.4. The molecule has 0 saturated carbocycles. The van der Waals surface area contributed by atoms with Gasteiger partial charge in [0, 0.05) is 60.9 Å². The van der Waals surface area contributed by atoms with Crippen molar-refractivity contribution in [3.8, 4) is 11.4 Å². The number of hydrogen-bond acceptors (Lipinski definition) is 4. The van der Waals surface area contributed by atoms with Crippen LogP contribution in [0, 0.1) is 6.92 Å². The Bertz CT molecular complexity index is 1100. The van der Waals surface area contributed by atoms with Crippen molar-refractivity contribution in [1.29, 1.82) is 0 Å². The zero-order valence-corrected chi connectivity index (χ0v) is 15.3. The fourth-order valence-corrected chi connectivity index (χ4v) is 3.80. The van der Waals surface area contributed by atoms with Crippen molar-refractivity contribution >= 4 is 10.9 Å². The topological polar surface area (TPSA) is 57.7 Å². The highest BCUT2D eigenvalue weighted by molar-refractivity contribution is 5.83. The van der Waals surface area contributed by atoms with Crippen LogP contribution in [0.15, 0.2) is 55.1 Å². The van der Waals surface area contributed by atoms with E-state index in [1.165, 1.54) is 27.6 Å². The summed E-state index contributed by atoms with van der Waals surface area (Å²) in [5.41, 5.74) is 7.26. The Morgan fingerprint density at radius 2 is 2.04 bits per heavy atom. The molecule has 5 heteroatoms. The second-order valence-electron chi connectivity index (χ2n) is 7.23. The van der Waals surface area contributed by atoms with Gasteiger partial charge in [0.25, 0.3) is 0 Å². The first-order chi connectivity index (χ1) is 13.3. The summed E-state index contributed by atoms with van der Waals surface area (Å²) in [5, 5.41) is 1.32. The lowest BCUT2D eigenvalue weighted by atomic mass is 10.0. The molecule has 5 rings (SSSR count). The predicted octanol–water partition coefficient (Wildman–Crippen LogP) is 3.89. The maximum atomic E-state index is 4.85. The molecule has 1 aliphatic rings. The summed E-state index contributed by atoms with van der Waals surface area (Å²) >= 11 is 0. The summed E-state index contributed by atoms with van der Waals surface area (Å²) in [6.45, 7) is 4.96. The monoisotopic (exact) mass is 355 g/mol. The van der Waals surface area contributed by atoms with E-state index in [4.69, 9.17) is 4.98 Å². The van der Waals surface area contributed by atoms with Crippen molar-refractivity contribution < 1.29 is 0 Å². The lowest BCUT2D eigenvalue weighted by Crippen LogP contribution is -2.31. The number of hydrogen-bond donors (Lipinski definition) is 1. The predicted molar refractivity (Wildman–Crippen MR) is 106 cm³/mol. The molecule has 0 atom stereocenters. The zero-order chi connectivity index (χ0) is 18.2. The van der Waals surface area contributed by atoms with E-state index in [0.717, 1.165) is 43.1 Å². The van der Waals surface area contributed by atoms with Crippen molar-refractivity contribution in [2.45, 2.75) is 26.4 Å². The number of benzene rings is 1. The molecule has 3 aromatic heterocycles. The summed E-state index contributed by atoms with van der Waals surface area (Å²) in [7, 11) is 0. The Morgan fingerprint density at radius 1 is 1.15 bits per heavy atom. The summed E-state index contributed by atoms with van der Waals surface area (Å²) in [4.78, 5) is 19.3. The second kappa shape index (κ2) is 6.59. The first-order valence-corrected chi connectivity index (χ1v) is 9.30. The van der Waals surface area contributed by atoms with Crippen molar-refractivity contribution in [3.63, 3.8) is 0 Å². The molecule has 0 unspecified atom stereocenters. The molecule has 0 amide bonds. The van der Waals surface area contributed by atoms with Crippen molar-refractivity contribution in [2.75, 3.05) is 6.54 Å². The fraction of sp³-hybridized carbons (Fsp3) is 0.227. The molecule has 0 fully saturated rings. The molecule has 1 aliphatic heterocycles. The number of aryl methyl sites for hydroxylation is 1. The standard InChI is InChI=1S/C22H21N5/c1-15-2-3-20-19(10-15)18(12-24-20)13-27-9-6-17-11-25-22(26-21(17)14-27)16-4-7-23-8-5-16/h2-5,7-8,10-12,24H,6,9,13-14H2,1H3. The molecule has 27 heavy (non-hydrogen) atoms. The van der Waals surface area contributed by atoms with Gasteiger partial charge in [0.15, 0.2) is 5.82 Å². The molecule has 5 nitrogen and oxygen atoms in total. The Balaban J connectivity index is 1.41. The van der Waals surface area contributed by atoms with Gasteiger partial charge in [-0.25, -0.2) is 9.97 Å². The molecule has 0 spiro atoms. The third-order valence-corrected chi connectivity index (χ3v) is 5.28. The number of nitrogens with zero attached hydrogens (tertiary/aromatic N) is 4. The van der Waals surface area contributed by atoms with Crippen LogP contribution >= 0.6 is 0 Å². The number of aromatic amines is 1. The van der Waals surface area contributed by atoms with E-state index in [-0.39, 0.29) is 0 Å². The van der Waals surface area contributed by atoms with Crippen molar-refractivity contribution in [2.24, 2.45) is 0 Å². The van der Waals surface area contributed by atoms with Gasteiger partial charge in [-0.05, 0) is 48.7 Å². The Labute approximate surface area is 158 Å². The van der Waals surface area contributed by atoms with Gasteiger partial charge in [-0.2, -0.15) is 0 Å². The quantitative estimate of drug-likeness (QED) is 0.606. The van der Waals surface area contributed by atoms with E-state index in [9.17, 15) is 0 Å². The molecule has 1 aromatic carbocycles. The first-order valence-electron chi connectivity index (χ1n) is 9.30. The average molecular weight is 355 g/mol. The van der Waals surface area contributed by atoms with Gasteiger partial charge < -0.3 is 4.98 Å². The van der Waals surface area contributed by atoms with Crippen LogP contribution in [0.25, 0.3) is 22.3 Å². The highest BCUT2D eigenvalue weighted by atomic mass is 15.1.